The van der Waals surface area contributed by atoms with Crippen LogP contribution in [0.3, 0.4) is 0 Å². The van der Waals surface area contributed by atoms with Crippen LogP contribution in [0, 0.1) is 5.92 Å². The standard InChI is InChI=1S/C49H82N2O36S2/c50-12(42(71)72)7-88-9-20-40-24(59)23(58)14(75-20)1-11-15(2-52)76-44(30(65)22(11)57)82-36-16(3-53)77-45(31(66)25(36)60)84-38-18(5-55)80-48(34(69)28(38)63)87-41-21(10-89-8-13(51)43(73)74)81-49(35(70)29(41)64)85-39-19(6-56)78-46(32(67)26(39)61)83-37-17(4-54)79-47(86-40)33(68)27(37)62/h11-41,44-49,52-70H,1-10,50-51H2,(H,71,72)(H,73,74)/t11-,12+,13+,14+,15?,16?,17?,18?,19?,20?,21?,22-,23?,24+,25+,26+,27+,28+,29+,30?,31?,32?,33?,34?,35?,36-,37-,38-,39-,40-,41-,44-,45-,46+,47+,48-,49-/m0/s1. The molecule has 25 N–H and O–H groups in total. The van der Waals surface area contributed by atoms with Crippen molar-refractivity contribution in [1.29, 1.82) is 0 Å². The lowest BCUT2D eigenvalue weighted by atomic mass is 9.81. The first kappa shape index (κ1) is 73.1. The van der Waals surface area contributed by atoms with Gasteiger partial charge >= 0.3 is 11.9 Å². The number of carbonyl (C=O) groups is 2. The molecular weight excluding hydrogens is 1260 g/mol. The molecule has 0 radical (unpaired) electrons. The summed E-state index contributed by atoms with van der Waals surface area (Å²) >= 11 is 1.66. The van der Waals surface area contributed by atoms with Crippen LogP contribution in [-0.4, -0.2) is 396 Å². The third kappa shape index (κ3) is 15.9. The highest BCUT2D eigenvalue weighted by Crippen LogP contribution is 2.41. The van der Waals surface area contributed by atoms with Gasteiger partial charge < -0.3 is 180 Å². The molecule has 38 nitrogen and oxygen atoms in total. The Morgan fingerprint density at radius 2 is 0.562 bits per heavy atom. The zero-order chi connectivity index (χ0) is 65.2. The van der Waals surface area contributed by atoms with Crippen LogP contribution >= 0.6 is 23.5 Å². The van der Waals surface area contributed by atoms with Crippen LogP contribution in [0.5, 0.6) is 0 Å². The Bertz CT molecular complexity index is 2200. The second kappa shape index (κ2) is 31.9. The summed E-state index contributed by atoms with van der Waals surface area (Å²) in [6, 6.07) is -2.90. The summed E-state index contributed by atoms with van der Waals surface area (Å²) in [6.45, 7) is -5.24. The van der Waals surface area contributed by atoms with Gasteiger partial charge in [0.05, 0.1) is 63.6 Å². The van der Waals surface area contributed by atoms with Crippen LogP contribution in [-0.2, 0) is 71.2 Å². The zero-order valence-corrected chi connectivity index (χ0v) is 48.6. The highest BCUT2D eigenvalue weighted by molar-refractivity contribution is 7.99. The van der Waals surface area contributed by atoms with Crippen molar-refractivity contribution in [2.75, 3.05) is 56.0 Å². The molecule has 0 spiro atoms. The fourth-order valence-corrected chi connectivity index (χ4v) is 13.8. The van der Waals surface area contributed by atoms with Crippen molar-refractivity contribution in [3.63, 3.8) is 0 Å². The maximum atomic E-state index is 11.8. The molecule has 21 heterocycles. The highest BCUT2D eigenvalue weighted by Gasteiger charge is 2.59. The Hall–Kier alpha value is -1.72. The van der Waals surface area contributed by atoms with Crippen LogP contribution in [0.2, 0.25) is 0 Å². The molecule has 0 aromatic rings. The lowest BCUT2D eigenvalue weighted by Crippen LogP contribution is -2.68. The highest BCUT2D eigenvalue weighted by atomic mass is 32.2. The molecule has 14 unspecified atom stereocenters. The Balaban J connectivity index is 1.11. The Morgan fingerprint density at radius 1 is 0.326 bits per heavy atom. The van der Waals surface area contributed by atoms with Gasteiger partial charge in [-0.1, -0.05) is 0 Å². The number of aliphatic carboxylic acids is 2. The van der Waals surface area contributed by atoms with Crippen LogP contribution < -0.4 is 11.5 Å². The monoisotopic (exact) mass is 1340 g/mol. The van der Waals surface area contributed by atoms with E-state index < -0.39 is 278 Å². The Morgan fingerprint density at radius 3 is 0.843 bits per heavy atom. The first-order valence-electron chi connectivity index (χ1n) is 28.4. The molecule has 89 heavy (non-hydrogen) atoms. The van der Waals surface area contributed by atoms with Gasteiger partial charge in [0.25, 0.3) is 0 Å². The number of hydrogen-bond acceptors (Lipinski definition) is 38. The van der Waals surface area contributed by atoms with Crippen molar-refractivity contribution in [3.05, 3.63) is 0 Å². The first-order valence-corrected chi connectivity index (χ1v) is 30.7. The van der Waals surface area contributed by atoms with Crippen molar-refractivity contribution in [2.45, 2.75) is 227 Å². The van der Waals surface area contributed by atoms with E-state index in [9.17, 15) is 117 Å². The van der Waals surface area contributed by atoms with Crippen LogP contribution in [0.25, 0.3) is 0 Å². The molecule has 0 saturated carbocycles. The minimum Gasteiger partial charge on any atom is -0.480 e. The third-order valence-corrected chi connectivity index (χ3v) is 19.1. The summed E-state index contributed by atoms with van der Waals surface area (Å²) in [7, 11) is 0. The molecule has 14 bridgehead atoms. The molecule has 40 heteroatoms. The molecule has 516 valence electrons. The van der Waals surface area contributed by atoms with E-state index in [4.69, 9.17) is 73.0 Å². The van der Waals surface area contributed by atoms with Crippen molar-refractivity contribution in [3.8, 4) is 0 Å². The van der Waals surface area contributed by atoms with Gasteiger partial charge in [-0.05, 0) is 6.42 Å². The zero-order valence-electron chi connectivity index (χ0n) is 46.9. The van der Waals surface area contributed by atoms with Crippen molar-refractivity contribution in [1.82, 2.24) is 0 Å². The minimum absolute atomic E-state index is 0.278. The number of ether oxygens (including phenoxy) is 13. The van der Waals surface area contributed by atoms with Crippen molar-refractivity contribution < 1.29 is 178 Å². The molecule has 21 rings (SSSR count). The van der Waals surface area contributed by atoms with Gasteiger partial charge in [-0.15, -0.1) is 0 Å². The maximum absolute atomic E-state index is 11.8. The molecule has 0 aromatic carbocycles. The van der Waals surface area contributed by atoms with Gasteiger partial charge in [0.15, 0.2) is 37.7 Å². The second-order valence-corrected chi connectivity index (χ2v) is 24.9. The first-order chi connectivity index (χ1) is 42.2. The van der Waals surface area contributed by atoms with Gasteiger partial charge in [0.2, 0.25) is 0 Å². The normalized spacial score (nSPS) is 50.1. The number of hydrogen-bond donors (Lipinski definition) is 23. The van der Waals surface area contributed by atoms with E-state index in [1.807, 2.05) is 0 Å². The fourth-order valence-electron chi connectivity index (χ4n) is 11.7. The van der Waals surface area contributed by atoms with Crippen LogP contribution in [0.15, 0.2) is 0 Å². The Kier molecular flexibility index (Phi) is 26.2. The molecule has 21 aliphatic rings. The number of aliphatic hydroxyl groups is 19. The third-order valence-electron chi connectivity index (χ3n) is 16.8. The molecule has 0 aliphatic carbocycles. The summed E-state index contributed by atoms with van der Waals surface area (Å²) in [4.78, 5) is 23.2. The van der Waals surface area contributed by atoms with Gasteiger partial charge in [-0.3, -0.25) is 9.59 Å². The number of nitrogens with two attached hydrogens (primary N) is 2. The van der Waals surface area contributed by atoms with E-state index in [-0.39, 0.29) is 23.0 Å². The van der Waals surface area contributed by atoms with Gasteiger partial charge in [0.1, 0.15) is 152 Å². The van der Waals surface area contributed by atoms with Crippen molar-refractivity contribution >= 4 is 35.5 Å². The van der Waals surface area contributed by atoms with Crippen molar-refractivity contribution in [2.24, 2.45) is 17.4 Å². The van der Waals surface area contributed by atoms with E-state index >= 15 is 0 Å². The molecule has 21 saturated heterocycles. The molecule has 37 atom stereocenters. The molecule has 21 aliphatic heterocycles. The minimum atomic E-state index is -2.25. The van der Waals surface area contributed by atoms with Crippen LogP contribution in [0.4, 0.5) is 0 Å². The average molecular weight is 1340 g/mol. The van der Waals surface area contributed by atoms with E-state index in [0.29, 0.717) is 0 Å². The quantitative estimate of drug-likeness (QED) is 0.0724. The largest absolute Gasteiger partial charge is 0.480 e. The second-order valence-electron chi connectivity index (χ2n) is 22.7. The molecule has 0 amide bonds. The fraction of sp³-hybridized carbons (Fsp3) is 0.959. The molecule has 21 fully saturated rings. The lowest BCUT2D eigenvalue weighted by molar-refractivity contribution is -0.394. The summed E-state index contributed by atoms with van der Waals surface area (Å²) in [5.74, 6) is -5.53. The van der Waals surface area contributed by atoms with E-state index in [2.05, 4.69) is 0 Å². The summed E-state index contributed by atoms with van der Waals surface area (Å²) < 4.78 is 76.4. The smallest absolute Gasteiger partial charge is 0.321 e. The van der Waals surface area contributed by atoms with Gasteiger partial charge in [-0.2, -0.15) is 23.5 Å². The summed E-state index contributed by atoms with van der Waals surface area (Å²) in [6.07, 6.45) is -67.9. The average Bonchev–Trinajstić information content (AvgIpc) is 0.983. The number of aliphatic hydroxyl groups excluding tert-OH is 19. The number of rotatable bonds is 15. The lowest BCUT2D eigenvalue weighted by Gasteiger charge is -2.50. The topological polar surface area (TPSA) is 631 Å². The van der Waals surface area contributed by atoms with E-state index in [0.717, 1.165) is 23.5 Å². The number of thioether (sulfide) groups is 2. The Labute approximate surface area is 513 Å². The van der Waals surface area contributed by atoms with E-state index in [1.165, 1.54) is 0 Å². The predicted octanol–water partition coefficient (Wildman–Crippen LogP) is -14.3. The molecular formula is C49H82N2O36S2. The van der Waals surface area contributed by atoms with Gasteiger partial charge in [-0.25, -0.2) is 0 Å². The summed E-state index contributed by atoms with van der Waals surface area (Å²) in [5, 5.41) is 234. The summed E-state index contributed by atoms with van der Waals surface area (Å²) in [5.41, 5.74) is 11.4. The SMILES string of the molecule is N[C@H](CSCC1O[C@H]2O[C@H]3C(CO)O[C@H](O[C@H]4C(CO)O[C@H](O[C@H]5C(CSC[C@@H](N)C(=O)O)O[C@H](C[C@H]6C(CO)O[C@@H](O[C@H]7C(CO)O[C@@H](O[C@H]8C(CO)O[C@@H](O[C@@H]1[C@H](O)C2O)C(O)[C@H]8O)C(O)[C@H]7O)C(O)[C@H]6O)C(O)[C@H]5O)C(O)[C@H]4O)C(O)[C@H]3O)C(=O)O. The number of carboxylic acid groups (broad SMARTS) is 2. The van der Waals surface area contributed by atoms with Gasteiger partial charge in [0, 0.05) is 28.9 Å². The maximum Gasteiger partial charge on any atom is 0.321 e. The van der Waals surface area contributed by atoms with E-state index in [1.54, 1.807) is 0 Å². The molecule has 0 aromatic heterocycles. The predicted molar refractivity (Wildman–Crippen MR) is 283 cm³/mol. The number of carboxylic acids is 2. The van der Waals surface area contributed by atoms with Crippen LogP contribution in [0.1, 0.15) is 6.42 Å².